The molecule has 9 nitrogen and oxygen atoms in total. The van der Waals surface area contributed by atoms with Gasteiger partial charge in [-0.25, -0.2) is 14.6 Å². The van der Waals surface area contributed by atoms with E-state index in [-0.39, 0.29) is 31.2 Å². The second-order valence-electron chi connectivity index (χ2n) is 8.25. The van der Waals surface area contributed by atoms with Gasteiger partial charge < -0.3 is 9.80 Å². The van der Waals surface area contributed by atoms with Gasteiger partial charge in [0.05, 0.1) is 5.56 Å². The predicted octanol–water partition coefficient (Wildman–Crippen LogP) is 2.65. The Morgan fingerprint density at radius 3 is 2.19 bits per heavy atom. The Morgan fingerprint density at radius 1 is 1.06 bits per heavy atom. The molecule has 3 heterocycles. The van der Waals surface area contributed by atoms with Crippen LogP contribution in [-0.2, 0) is 17.1 Å². The number of piperazine rings is 1. The molecule has 0 aromatic carbocycles. The number of carbonyl (C=O) groups is 1. The van der Waals surface area contributed by atoms with Crippen molar-refractivity contribution in [3.8, 4) is 0 Å². The number of anilines is 1. The second-order valence-corrected chi connectivity index (χ2v) is 8.25. The Hall–Kier alpha value is -3.23. The number of hydrogen-bond donors (Lipinski definition) is 0. The topological polar surface area (TPSA) is 87.5 Å². The molecule has 1 atom stereocenters. The van der Waals surface area contributed by atoms with Crippen LogP contribution >= 0.6 is 0 Å². The van der Waals surface area contributed by atoms with Crippen molar-refractivity contribution in [1.29, 1.82) is 0 Å². The summed E-state index contributed by atoms with van der Waals surface area (Å²) < 4.78 is 78.1. The summed E-state index contributed by atoms with van der Waals surface area (Å²) in [6.45, 7) is 3.13. The van der Waals surface area contributed by atoms with Crippen molar-refractivity contribution < 1.29 is 31.1 Å². The van der Waals surface area contributed by atoms with Crippen molar-refractivity contribution in [2.45, 2.75) is 38.3 Å². The highest BCUT2D eigenvalue weighted by Crippen LogP contribution is 2.29. The Balaban J connectivity index is 1.55. The third kappa shape index (κ3) is 6.30. The van der Waals surface area contributed by atoms with Gasteiger partial charge in [-0.3, -0.25) is 14.5 Å². The van der Waals surface area contributed by atoms with E-state index in [0.29, 0.717) is 44.6 Å². The first-order valence-corrected chi connectivity index (χ1v) is 11.1. The maximum Gasteiger partial charge on any atom is 0.421 e. The summed E-state index contributed by atoms with van der Waals surface area (Å²) in [6, 6.07) is 0.629. The molecular formula is C21H25F6N7O2. The highest BCUT2D eigenvalue weighted by Gasteiger charge is 2.36. The van der Waals surface area contributed by atoms with Crippen molar-refractivity contribution in [3.63, 3.8) is 0 Å². The van der Waals surface area contributed by atoms with Crippen LogP contribution in [0.15, 0.2) is 29.5 Å². The SMILES string of the molecule is CCC(N(C)CCC(=O)N1CCN(c2ncc(C(F)(F)F)cn2)CC1)n1nccc(C(F)(F)F)c1=O. The van der Waals surface area contributed by atoms with Gasteiger partial charge in [0.1, 0.15) is 11.7 Å². The van der Waals surface area contributed by atoms with E-state index in [9.17, 15) is 35.9 Å². The second kappa shape index (κ2) is 10.8. The molecule has 0 aliphatic carbocycles. The lowest BCUT2D eigenvalue weighted by atomic mass is 10.2. The third-order valence-corrected chi connectivity index (χ3v) is 5.89. The Kier molecular flexibility index (Phi) is 8.21. The fraction of sp³-hybridized carbons (Fsp3) is 0.571. The van der Waals surface area contributed by atoms with Gasteiger partial charge >= 0.3 is 12.4 Å². The molecule has 1 aliphatic heterocycles. The van der Waals surface area contributed by atoms with Crippen LogP contribution in [0.25, 0.3) is 0 Å². The summed E-state index contributed by atoms with van der Waals surface area (Å²) in [5, 5.41) is 3.80. The zero-order valence-corrected chi connectivity index (χ0v) is 19.6. The Labute approximate surface area is 202 Å². The van der Waals surface area contributed by atoms with Crippen LogP contribution in [0.4, 0.5) is 32.3 Å². The lowest BCUT2D eigenvalue weighted by Gasteiger charge is -2.35. The third-order valence-electron chi connectivity index (χ3n) is 5.89. The molecule has 2 aromatic rings. The summed E-state index contributed by atoms with van der Waals surface area (Å²) in [5.41, 5.74) is -3.51. The van der Waals surface area contributed by atoms with Crippen molar-refractivity contribution in [2.75, 3.05) is 44.7 Å². The smallest absolute Gasteiger partial charge is 0.339 e. The molecule has 0 saturated carbocycles. The molecule has 2 aromatic heterocycles. The van der Waals surface area contributed by atoms with Crippen molar-refractivity contribution in [3.05, 3.63) is 46.1 Å². The minimum Gasteiger partial charge on any atom is -0.339 e. The van der Waals surface area contributed by atoms with E-state index in [2.05, 4.69) is 15.1 Å². The average Bonchev–Trinajstić information content (AvgIpc) is 2.83. The highest BCUT2D eigenvalue weighted by molar-refractivity contribution is 5.76. The van der Waals surface area contributed by atoms with E-state index in [0.717, 1.165) is 10.9 Å². The predicted molar refractivity (Wildman–Crippen MR) is 116 cm³/mol. The number of halogens is 6. The lowest BCUT2D eigenvalue weighted by molar-refractivity contribution is -0.139. The maximum absolute atomic E-state index is 13.1. The Bertz CT molecular complexity index is 1100. The van der Waals surface area contributed by atoms with Crippen LogP contribution in [0.3, 0.4) is 0 Å². The van der Waals surface area contributed by atoms with Crippen LogP contribution < -0.4 is 10.5 Å². The first-order valence-electron chi connectivity index (χ1n) is 11.1. The summed E-state index contributed by atoms with van der Waals surface area (Å²) in [4.78, 5) is 37.4. The molecular weight excluding hydrogens is 496 g/mol. The molecule has 1 unspecified atom stereocenters. The summed E-state index contributed by atoms with van der Waals surface area (Å²) >= 11 is 0. The summed E-state index contributed by atoms with van der Waals surface area (Å²) in [7, 11) is 1.59. The van der Waals surface area contributed by atoms with Crippen LogP contribution in [0.2, 0.25) is 0 Å². The van der Waals surface area contributed by atoms with Crippen molar-refractivity contribution >= 4 is 11.9 Å². The number of amides is 1. The van der Waals surface area contributed by atoms with E-state index in [1.165, 1.54) is 0 Å². The highest BCUT2D eigenvalue weighted by atomic mass is 19.4. The maximum atomic E-state index is 13.1. The fourth-order valence-corrected chi connectivity index (χ4v) is 3.89. The van der Waals surface area contributed by atoms with E-state index in [1.54, 1.807) is 28.7 Å². The molecule has 0 N–H and O–H groups in total. The summed E-state index contributed by atoms with van der Waals surface area (Å²) in [5.74, 6) is -0.0614. The normalized spacial score (nSPS) is 15.9. The molecule has 3 rings (SSSR count). The first kappa shape index (κ1) is 27.4. The monoisotopic (exact) mass is 521 g/mol. The lowest BCUT2D eigenvalue weighted by Crippen LogP contribution is -2.50. The van der Waals surface area contributed by atoms with Crippen LogP contribution in [-0.4, -0.2) is 75.2 Å². The number of hydrogen-bond acceptors (Lipinski definition) is 7. The molecule has 1 saturated heterocycles. The first-order chi connectivity index (χ1) is 16.8. The zero-order chi connectivity index (χ0) is 26.7. The molecule has 0 spiro atoms. The van der Waals surface area contributed by atoms with Gasteiger partial charge in [0.15, 0.2) is 0 Å². The largest absolute Gasteiger partial charge is 0.421 e. The minimum atomic E-state index is -4.80. The van der Waals surface area contributed by atoms with Gasteiger partial charge in [0.25, 0.3) is 5.56 Å². The molecule has 36 heavy (non-hydrogen) atoms. The van der Waals surface area contributed by atoms with Crippen LogP contribution in [0, 0.1) is 0 Å². The number of nitrogens with zero attached hydrogens (tertiary/aromatic N) is 7. The average molecular weight is 521 g/mol. The molecule has 1 aliphatic rings. The Morgan fingerprint density at radius 2 is 1.67 bits per heavy atom. The van der Waals surface area contributed by atoms with Gasteiger partial charge in [-0.05, 0) is 19.5 Å². The van der Waals surface area contributed by atoms with E-state index in [1.807, 2.05) is 0 Å². The van der Waals surface area contributed by atoms with Gasteiger partial charge in [0.2, 0.25) is 11.9 Å². The van der Waals surface area contributed by atoms with Gasteiger partial charge in [-0.1, -0.05) is 6.92 Å². The van der Waals surface area contributed by atoms with Crippen LogP contribution in [0.1, 0.15) is 37.1 Å². The van der Waals surface area contributed by atoms with Crippen molar-refractivity contribution in [2.24, 2.45) is 0 Å². The standard InChI is InChI=1S/C21H25F6N7O2/c1-3-16(34-18(36)15(4-6-30-34)21(25,26)27)31(2)7-5-17(35)32-8-10-33(11-9-32)19-28-12-14(13-29-19)20(22,23)24/h4,6,12-13,16H,3,5,7-11H2,1-2H3. The number of aromatic nitrogens is 4. The van der Waals surface area contributed by atoms with Gasteiger partial charge in [-0.2, -0.15) is 31.4 Å². The summed E-state index contributed by atoms with van der Waals surface area (Å²) in [6.07, 6.45) is -7.43. The number of alkyl halides is 6. The quantitative estimate of drug-likeness (QED) is 0.518. The molecule has 15 heteroatoms. The molecule has 198 valence electrons. The molecule has 0 bridgehead atoms. The van der Waals surface area contributed by atoms with E-state index in [4.69, 9.17) is 0 Å². The minimum absolute atomic E-state index is 0.0531. The van der Waals surface area contributed by atoms with Gasteiger partial charge in [-0.15, -0.1) is 0 Å². The zero-order valence-electron chi connectivity index (χ0n) is 19.6. The van der Waals surface area contributed by atoms with E-state index < -0.39 is 35.2 Å². The molecule has 1 fully saturated rings. The fourth-order valence-electron chi connectivity index (χ4n) is 3.89. The van der Waals surface area contributed by atoms with Gasteiger partial charge in [0, 0.05) is 57.7 Å². The van der Waals surface area contributed by atoms with E-state index >= 15 is 0 Å². The van der Waals surface area contributed by atoms with Crippen LogP contribution in [0.5, 0.6) is 0 Å². The molecule has 0 radical (unpaired) electrons. The number of rotatable bonds is 7. The number of carbonyl (C=O) groups excluding carboxylic acids is 1. The molecule has 1 amide bonds. The van der Waals surface area contributed by atoms with Crippen molar-refractivity contribution in [1.82, 2.24) is 29.5 Å².